The summed E-state index contributed by atoms with van der Waals surface area (Å²) in [6.07, 6.45) is 0. The van der Waals surface area contributed by atoms with Gasteiger partial charge in [0.1, 0.15) is 5.75 Å². The van der Waals surface area contributed by atoms with Crippen LogP contribution in [-0.4, -0.2) is 16.7 Å². The molecule has 0 amide bonds. The Labute approximate surface area is 81.3 Å². The van der Waals surface area contributed by atoms with Crippen LogP contribution in [0.5, 0.6) is 5.75 Å². The zero-order chi connectivity index (χ0) is 10.9. The fourth-order valence-corrected chi connectivity index (χ4v) is 1.24. The molecule has 3 N–H and O–H groups in total. The number of Topliss-reactive ketones (excluding diaryl/α,β-unsaturated/α-hetero) is 2. The lowest BCUT2D eigenvalue weighted by Crippen LogP contribution is -2.03. The number of hydrogen-bond donors (Lipinski definition) is 2. The molecule has 0 bridgehead atoms. The quantitative estimate of drug-likeness (QED) is 0.549. The number of carbonyl (C=O) groups excluding carboxylic acids is 2. The Morgan fingerprint density at radius 3 is 2.14 bits per heavy atom. The summed E-state index contributed by atoms with van der Waals surface area (Å²) < 4.78 is 0. The molecule has 1 rings (SSSR count). The zero-order valence-electron chi connectivity index (χ0n) is 8.00. The fraction of sp³-hybridized carbons (Fsp3) is 0.200. The summed E-state index contributed by atoms with van der Waals surface area (Å²) in [4.78, 5) is 22.0. The lowest BCUT2D eigenvalue weighted by atomic mass is 10.0. The van der Waals surface area contributed by atoms with Crippen LogP contribution in [0.2, 0.25) is 0 Å². The Hall–Kier alpha value is -1.84. The molecular formula is C10H11NO3. The number of rotatable bonds is 2. The summed E-state index contributed by atoms with van der Waals surface area (Å²) >= 11 is 0. The van der Waals surface area contributed by atoms with E-state index in [4.69, 9.17) is 5.73 Å². The summed E-state index contributed by atoms with van der Waals surface area (Å²) in [6, 6.07) is 2.63. The van der Waals surface area contributed by atoms with Crippen molar-refractivity contribution in [2.24, 2.45) is 0 Å². The van der Waals surface area contributed by atoms with Gasteiger partial charge < -0.3 is 10.8 Å². The van der Waals surface area contributed by atoms with E-state index in [0.29, 0.717) is 5.56 Å². The topological polar surface area (TPSA) is 80.4 Å². The fourth-order valence-electron chi connectivity index (χ4n) is 1.24. The molecule has 0 saturated carbocycles. The van der Waals surface area contributed by atoms with E-state index in [2.05, 4.69) is 0 Å². The third kappa shape index (κ3) is 1.74. The molecule has 0 atom stereocenters. The number of anilines is 1. The zero-order valence-corrected chi connectivity index (χ0v) is 8.00. The Morgan fingerprint density at radius 1 is 1.21 bits per heavy atom. The number of nitrogen functional groups attached to an aromatic ring is 1. The molecule has 0 aliphatic carbocycles. The van der Waals surface area contributed by atoms with Crippen LogP contribution in [-0.2, 0) is 0 Å². The molecule has 1 aromatic carbocycles. The van der Waals surface area contributed by atoms with Crippen LogP contribution >= 0.6 is 0 Å². The third-order valence-corrected chi connectivity index (χ3v) is 1.91. The number of carbonyl (C=O) groups is 2. The summed E-state index contributed by atoms with van der Waals surface area (Å²) in [6.45, 7) is 2.67. The van der Waals surface area contributed by atoms with Gasteiger partial charge >= 0.3 is 0 Å². The van der Waals surface area contributed by atoms with Crippen molar-refractivity contribution in [2.45, 2.75) is 13.8 Å². The average molecular weight is 193 g/mol. The van der Waals surface area contributed by atoms with Crippen LogP contribution < -0.4 is 5.73 Å². The van der Waals surface area contributed by atoms with Crippen molar-refractivity contribution < 1.29 is 14.7 Å². The van der Waals surface area contributed by atoms with E-state index in [1.807, 2.05) is 0 Å². The van der Waals surface area contributed by atoms with Gasteiger partial charge in [0, 0.05) is 11.3 Å². The average Bonchev–Trinajstić information content (AvgIpc) is 2.01. The molecule has 74 valence electrons. The van der Waals surface area contributed by atoms with Gasteiger partial charge in [-0.15, -0.1) is 0 Å². The first-order valence-corrected chi connectivity index (χ1v) is 4.08. The molecule has 4 nitrogen and oxygen atoms in total. The van der Waals surface area contributed by atoms with Gasteiger partial charge in [-0.2, -0.15) is 0 Å². The van der Waals surface area contributed by atoms with Crippen LogP contribution in [0.1, 0.15) is 34.6 Å². The van der Waals surface area contributed by atoms with Crippen LogP contribution in [0.25, 0.3) is 0 Å². The minimum Gasteiger partial charge on any atom is -0.507 e. The van der Waals surface area contributed by atoms with Crippen molar-refractivity contribution in [3.63, 3.8) is 0 Å². The van der Waals surface area contributed by atoms with Crippen LogP contribution in [0, 0.1) is 0 Å². The van der Waals surface area contributed by atoms with Crippen molar-refractivity contribution >= 4 is 17.3 Å². The predicted molar refractivity (Wildman–Crippen MR) is 52.5 cm³/mol. The van der Waals surface area contributed by atoms with E-state index in [1.54, 1.807) is 0 Å². The van der Waals surface area contributed by atoms with Gasteiger partial charge in [0.05, 0.1) is 5.56 Å². The number of benzene rings is 1. The van der Waals surface area contributed by atoms with E-state index in [0.717, 1.165) is 0 Å². The van der Waals surface area contributed by atoms with Crippen molar-refractivity contribution in [2.75, 3.05) is 5.73 Å². The molecule has 0 aliphatic heterocycles. The van der Waals surface area contributed by atoms with E-state index in [1.165, 1.54) is 26.0 Å². The van der Waals surface area contributed by atoms with E-state index in [-0.39, 0.29) is 28.6 Å². The largest absolute Gasteiger partial charge is 0.507 e. The second-order valence-corrected chi connectivity index (χ2v) is 3.07. The van der Waals surface area contributed by atoms with Crippen LogP contribution in [0.15, 0.2) is 12.1 Å². The second kappa shape index (κ2) is 3.49. The molecule has 0 spiro atoms. The second-order valence-electron chi connectivity index (χ2n) is 3.07. The maximum atomic E-state index is 11.0. The Balaban J connectivity index is 3.39. The number of phenolic OH excluding ortho intramolecular Hbond substituents is 1. The first-order chi connectivity index (χ1) is 6.43. The molecule has 0 aliphatic rings. The number of aromatic hydroxyl groups is 1. The van der Waals surface area contributed by atoms with E-state index < -0.39 is 0 Å². The van der Waals surface area contributed by atoms with Crippen LogP contribution in [0.4, 0.5) is 5.69 Å². The molecule has 0 radical (unpaired) electrons. The highest BCUT2D eigenvalue weighted by Crippen LogP contribution is 2.26. The lowest BCUT2D eigenvalue weighted by Gasteiger charge is -2.06. The number of hydrogen-bond acceptors (Lipinski definition) is 4. The van der Waals surface area contributed by atoms with Crippen molar-refractivity contribution in [1.82, 2.24) is 0 Å². The Morgan fingerprint density at radius 2 is 1.79 bits per heavy atom. The number of ketones is 2. The monoisotopic (exact) mass is 193 g/mol. The maximum absolute atomic E-state index is 11.0. The molecule has 1 aromatic rings. The molecule has 0 fully saturated rings. The lowest BCUT2D eigenvalue weighted by molar-refractivity contribution is 0.0999. The smallest absolute Gasteiger partial charge is 0.165 e. The molecular weight excluding hydrogens is 182 g/mol. The van der Waals surface area contributed by atoms with Gasteiger partial charge in [-0.1, -0.05) is 0 Å². The molecule has 0 saturated heterocycles. The molecule has 4 heteroatoms. The van der Waals surface area contributed by atoms with E-state index >= 15 is 0 Å². The highest BCUT2D eigenvalue weighted by Gasteiger charge is 2.13. The molecule has 0 heterocycles. The van der Waals surface area contributed by atoms with Gasteiger partial charge in [0.2, 0.25) is 0 Å². The van der Waals surface area contributed by atoms with Gasteiger partial charge in [0.25, 0.3) is 0 Å². The summed E-state index contributed by atoms with van der Waals surface area (Å²) in [5.74, 6) is -0.778. The number of nitrogens with two attached hydrogens (primary N) is 1. The molecule has 0 unspecified atom stereocenters. The summed E-state index contributed by atoms with van der Waals surface area (Å²) in [7, 11) is 0. The summed E-state index contributed by atoms with van der Waals surface area (Å²) in [5, 5.41) is 9.44. The van der Waals surface area contributed by atoms with Crippen LogP contribution in [0.3, 0.4) is 0 Å². The third-order valence-electron chi connectivity index (χ3n) is 1.91. The van der Waals surface area contributed by atoms with Crippen molar-refractivity contribution in [3.8, 4) is 5.75 Å². The van der Waals surface area contributed by atoms with Gasteiger partial charge in [-0.05, 0) is 26.0 Å². The van der Waals surface area contributed by atoms with Gasteiger partial charge in [-0.25, -0.2) is 0 Å². The first kappa shape index (κ1) is 10.2. The summed E-state index contributed by atoms with van der Waals surface area (Å²) in [5.41, 5.74) is 6.02. The number of phenols is 1. The molecule has 14 heavy (non-hydrogen) atoms. The molecule has 0 aromatic heterocycles. The normalized spacial score (nSPS) is 9.86. The van der Waals surface area contributed by atoms with Gasteiger partial charge in [-0.3, -0.25) is 9.59 Å². The maximum Gasteiger partial charge on any atom is 0.165 e. The SMILES string of the molecule is CC(=O)c1cc(N)c(C(C)=O)c(O)c1. The predicted octanol–water partition coefficient (Wildman–Crippen LogP) is 1.38. The van der Waals surface area contributed by atoms with E-state index in [9.17, 15) is 14.7 Å². The van der Waals surface area contributed by atoms with Gasteiger partial charge in [0.15, 0.2) is 11.6 Å². The minimum absolute atomic E-state index is 0.0648. The Kier molecular flexibility index (Phi) is 2.56. The highest BCUT2D eigenvalue weighted by molar-refractivity contribution is 6.04. The minimum atomic E-state index is -0.324. The highest BCUT2D eigenvalue weighted by atomic mass is 16.3. The van der Waals surface area contributed by atoms with Crippen molar-refractivity contribution in [3.05, 3.63) is 23.3 Å². The standard InChI is InChI=1S/C10H11NO3/c1-5(12)7-3-8(11)10(6(2)13)9(14)4-7/h3-4,14H,11H2,1-2H3. The first-order valence-electron chi connectivity index (χ1n) is 4.08. The Bertz CT molecular complexity index is 387. The van der Waals surface area contributed by atoms with Crippen molar-refractivity contribution in [1.29, 1.82) is 0 Å².